The van der Waals surface area contributed by atoms with E-state index in [1.54, 1.807) is 0 Å². The molecule has 1 amide bonds. The first-order valence-electron chi connectivity index (χ1n) is 4.71. The number of aldehydes is 1. The molecule has 3 N–H and O–H groups in total. The smallest absolute Gasteiger partial charge is 0.229 e. The van der Waals surface area contributed by atoms with Gasteiger partial charge < -0.3 is 15.6 Å². The van der Waals surface area contributed by atoms with Crippen LogP contribution in [0.4, 0.5) is 0 Å². The van der Waals surface area contributed by atoms with E-state index in [2.05, 4.69) is 11.8 Å². The third kappa shape index (κ3) is 3.24. The van der Waals surface area contributed by atoms with Crippen molar-refractivity contribution in [1.82, 2.24) is 0 Å². The number of aromatic hydroxyl groups is 1. The van der Waals surface area contributed by atoms with Gasteiger partial charge in [0.25, 0.3) is 0 Å². The van der Waals surface area contributed by atoms with Crippen molar-refractivity contribution in [2.24, 2.45) is 5.73 Å². The Balaban J connectivity index is 3.13. The third-order valence-corrected chi connectivity index (χ3v) is 1.96. The summed E-state index contributed by atoms with van der Waals surface area (Å²) < 4.78 is 4.85. The van der Waals surface area contributed by atoms with E-state index in [1.807, 2.05) is 0 Å². The highest BCUT2D eigenvalue weighted by Crippen LogP contribution is 2.28. The summed E-state index contributed by atoms with van der Waals surface area (Å²) in [6.07, 6.45) is 0.487. The van der Waals surface area contributed by atoms with Crippen molar-refractivity contribution in [2.45, 2.75) is 6.42 Å². The van der Waals surface area contributed by atoms with E-state index in [0.717, 1.165) is 0 Å². The molecule has 0 aromatic heterocycles. The van der Waals surface area contributed by atoms with Crippen LogP contribution in [0, 0.1) is 11.8 Å². The molecule has 0 bridgehead atoms. The molecule has 1 aromatic rings. The molecule has 0 aliphatic heterocycles. The van der Waals surface area contributed by atoms with Crippen molar-refractivity contribution in [3.8, 4) is 23.3 Å². The summed E-state index contributed by atoms with van der Waals surface area (Å²) in [6, 6.07) is 2.67. The first kappa shape index (κ1) is 12.6. The van der Waals surface area contributed by atoms with E-state index in [9.17, 15) is 14.7 Å². The number of hydrogen-bond donors (Lipinski definition) is 2. The Morgan fingerprint density at radius 2 is 2.29 bits per heavy atom. The zero-order valence-electron chi connectivity index (χ0n) is 9.19. The highest BCUT2D eigenvalue weighted by molar-refractivity contribution is 5.82. The van der Waals surface area contributed by atoms with Crippen LogP contribution in [0.15, 0.2) is 12.1 Å². The topological polar surface area (TPSA) is 89.6 Å². The average Bonchev–Trinajstić information content (AvgIpc) is 2.29. The largest absolute Gasteiger partial charge is 0.504 e. The van der Waals surface area contributed by atoms with E-state index in [1.165, 1.54) is 19.2 Å². The molecule has 0 aliphatic rings. The zero-order valence-corrected chi connectivity index (χ0v) is 9.19. The summed E-state index contributed by atoms with van der Waals surface area (Å²) in [7, 11) is 1.38. The van der Waals surface area contributed by atoms with Crippen LogP contribution in [0.3, 0.4) is 0 Å². The number of benzene rings is 1. The maximum atomic E-state index is 10.8. The normalized spacial score (nSPS) is 9.00. The summed E-state index contributed by atoms with van der Waals surface area (Å²) in [5, 5.41) is 9.52. The van der Waals surface area contributed by atoms with Gasteiger partial charge in [-0.25, -0.2) is 0 Å². The summed E-state index contributed by atoms with van der Waals surface area (Å²) in [5.41, 5.74) is 5.52. The number of carbonyl (C=O) groups excluding carboxylic acids is 2. The van der Waals surface area contributed by atoms with Gasteiger partial charge in [0, 0.05) is 17.2 Å². The van der Waals surface area contributed by atoms with Crippen molar-refractivity contribution >= 4 is 12.2 Å². The SMILES string of the molecule is COc1cc(C=O)c(C#CCC(N)=O)cc1O. The predicted octanol–water partition coefficient (Wildman–Crippen LogP) is 0.440. The van der Waals surface area contributed by atoms with E-state index in [-0.39, 0.29) is 23.5 Å². The van der Waals surface area contributed by atoms with Crippen LogP contribution < -0.4 is 10.5 Å². The summed E-state index contributed by atoms with van der Waals surface area (Å²) >= 11 is 0. The number of phenols is 1. The van der Waals surface area contributed by atoms with Crippen LogP contribution in [-0.2, 0) is 4.79 Å². The summed E-state index contributed by atoms with van der Waals surface area (Å²) in [5.74, 6) is 4.61. The molecule has 0 unspecified atom stereocenters. The number of phenolic OH excluding ortho intramolecular Hbond substituents is 1. The predicted molar refractivity (Wildman–Crippen MR) is 60.7 cm³/mol. The molecule has 17 heavy (non-hydrogen) atoms. The zero-order chi connectivity index (χ0) is 12.8. The van der Waals surface area contributed by atoms with Crippen LogP contribution in [0.5, 0.6) is 11.5 Å². The second-order valence-corrected chi connectivity index (χ2v) is 3.17. The molecule has 5 nitrogen and oxygen atoms in total. The number of ether oxygens (including phenoxy) is 1. The lowest BCUT2D eigenvalue weighted by Gasteiger charge is -2.05. The van der Waals surface area contributed by atoms with Gasteiger partial charge >= 0.3 is 0 Å². The lowest BCUT2D eigenvalue weighted by molar-refractivity contribution is -0.117. The Kier molecular flexibility index (Phi) is 4.12. The second-order valence-electron chi connectivity index (χ2n) is 3.17. The van der Waals surface area contributed by atoms with Crippen LogP contribution in [0.25, 0.3) is 0 Å². The molecular formula is C12H11NO4. The molecule has 1 aromatic carbocycles. The number of hydrogen-bond acceptors (Lipinski definition) is 4. The molecule has 0 spiro atoms. The van der Waals surface area contributed by atoms with E-state index in [4.69, 9.17) is 10.5 Å². The van der Waals surface area contributed by atoms with Gasteiger partial charge in [0.05, 0.1) is 13.5 Å². The van der Waals surface area contributed by atoms with Gasteiger partial charge in [0.1, 0.15) is 0 Å². The molecule has 0 aliphatic carbocycles. The fraction of sp³-hybridized carbons (Fsp3) is 0.167. The molecular weight excluding hydrogens is 222 g/mol. The van der Waals surface area contributed by atoms with Gasteiger partial charge in [-0.15, -0.1) is 0 Å². The second kappa shape index (κ2) is 5.56. The van der Waals surface area contributed by atoms with Crippen molar-refractivity contribution in [3.63, 3.8) is 0 Å². The Bertz CT molecular complexity index is 511. The van der Waals surface area contributed by atoms with Gasteiger partial charge in [-0.05, 0) is 6.07 Å². The minimum atomic E-state index is -0.553. The number of primary amides is 1. The Labute approximate surface area is 98.2 Å². The van der Waals surface area contributed by atoms with Gasteiger partial charge in [-0.2, -0.15) is 0 Å². The molecule has 0 heterocycles. The highest BCUT2D eigenvalue weighted by atomic mass is 16.5. The third-order valence-electron chi connectivity index (χ3n) is 1.96. The molecule has 0 radical (unpaired) electrons. The molecule has 1 rings (SSSR count). The fourth-order valence-electron chi connectivity index (χ4n) is 1.18. The molecule has 88 valence electrons. The van der Waals surface area contributed by atoms with Crippen LogP contribution in [0.2, 0.25) is 0 Å². The lowest BCUT2D eigenvalue weighted by atomic mass is 10.1. The number of carbonyl (C=O) groups is 2. The lowest BCUT2D eigenvalue weighted by Crippen LogP contribution is -2.08. The van der Waals surface area contributed by atoms with Crippen molar-refractivity contribution in [3.05, 3.63) is 23.3 Å². The van der Waals surface area contributed by atoms with Gasteiger partial charge in [-0.3, -0.25) is 9.59 Å². The molecule has 5 heteroatoms. The fourth-order valence-corrected chi connectivity index (χ4v) is 1.18. The minimum Gasteiger partial charge on any atom is -0.504 e. The van der Waals surface area contributed by atoms with Crippen molar-refractivity contribution in [2.75, 3.05) is 7.11 Å². The Morgan fingerprint density at radius 3 is 2.82 bits per heavy atom. The van der Waals surface area contributed by atoms with Crippen LogP contribution in [0.1, 0.15) is 22.3 Å². The Hall–Kier alpha value is -2.48. The number of amides is 1. The Morgan fingerprint density at radius 1 is 1.59 bits per heavy atom. The molecule has 0 fully saturated rings. The maximum absolute atomic E-state index is 10.8. The van der Waals surface area contributed by atoms with Crippen molar-refractivity contribution in [1.29, 1.82) is 0 Å². The van der Waals surface area contributed by atoms with Crippen molar-refractivity contribution < 1.29 is 19.4 Å². The summed E-state index contributed by atoms with van der Waals surface area (Å²) in [4.78, 5) is 21.3. The van der Waals surface area contributed by atoms with E-state index >= 15 is 0 Å². The van der Waals surface area contributed by atoms with E-state index in [0.29, 0.717) is 11.8 Å². The van der Waals surface area contributed by atoms with Crippen LogP contribution >= 0.6 is 0 Å². The molecule has 0 saturated carbocycles. The summed E-state index contributed by atoms with van der Waals surface area (Å²) in [6.45, 7) is 0. The standard InChI is InChI=1S/C12H11NO4/c1-17-11-6-9(7-14)8(5-10(11)15)3-2-4-12(13)16/h5-7,15H,4H2,1H3,(H2,13,16). The quantitative estimate of drug-likeness (QED) is 0.585. The van der Waals surface area contributed by atoms with E-state index < -0.39 is 5.91 Å². The maximum Gasteiger partial charge on any atom is 0.229 e. The van der Waals surface area contributed by atoms with Gasteiger partial charge in [0.15, 0.2) is 17.8 Å². The van der Waals surface area contributed by atoms with Gasteiger partial charge in [0.2, 0.25) is 5.91 Å². The number of nitrogens with two attached hydrogens (primary N) is 1. The first-order valence-corrected chi connectivity index (χ1v) is 4.71. The monoisotopic (exact) mass is 233 g/mol. The van der Waals surface area contributed by atoms with Crippen LogP contribution in [-0.4, -0.2) is 24.4 Å². The first-order chi connectivity index (χ1) is 8.08. The van der Waals surface area contributed by atoms with Gasteiger partial charge in [-0.1, -0.05) is 11.8 Å². The number of rotatable bonds is 3. The number of methoxy groups -OCH3 is 1. The molecule has 0 saturated heterocycles. The minimum absolute atomic E-state index is 0.106. The molecule has 0 atom stereocenters. The average molecular weight is 233 g/mol. The highest BCUT2D eigenvalue weighted by Gasteiger charge is 2.07.